The van der Waals surface area contributed by atoms with Gasteiger partial charge in [0.1, 0.15) is 5.60 Å². The highest BCUT2D eigenvalue weighted by Gasteiger charge is 2.15. The zero-order chi connectivity index (χ0) is 17.9. The number of H-pyrrole nitrogens is 1. The van der Waals surface area contributed by atoms with Gasteiger partial charge in [-0.25, -0.2) is 14.4 Å². The zero-order valence-electron chi connectivity index (χ0n) is 13.9. The first kappa shape index (κ1) is 17.6. The van der Waals surface area contributed by atoms with E-state index in [2.05, 4.69) is 10.3 Å². The van der Waals surface area contributed by atoms with Crippen molar-refractivity contribution in [1.29, 1.82) is 0 Å². The minimum Gasteiger partial charge on any atom is -0.478 e. The van der Waals surface area contributed by atoms with Crippen molar-refractivity contribution in [1.82, 2.24) is 14.9 Å². The molecule has 8 nitrogen and oxygen atoms in total. The maximum Gasteiger partial charge on any atom is 0.407 e. The molecule has 1 heterocycles. The molecule has 0 saturated heterocycles. The number of carbonyl (C=O) groups excluding carboxylic acids is 1. The van der Waals surface area contributed by atoms with E-state index in [4.69, 9.17) is 9.84 Å². The van der Waals surface area contributed by atoms with Gasteiger partial charge in [0.25, 0.3) is 0 Å². The third-order valence-corrected chi connectivity index (χ3v) is 3.25. The molecule has 0 radical (unpaired) electrons. The molecule has 0 unspecified atom stereocenters. The number of nitrogens with zero attached hydrogens (tertiary/aromatic N) is 1. The van der Waals surface area contributed by atoms with Gasteiger partial charge in [-0.05, 0) is 45.4 Å². The minimum absolute atomic E-state index is 0.113. The molecule has 2 aromatic rings. The number of carbonyl (C=O) groups is 2. The summed E-state index contributed by atoms with van der Waals surface area (Å²) in [7, 11) is 0. The Morgan fingerprint density at radius 2 is 2.04 bits per heavy atom. The van der Waals surface area contributed by atoms with Crippen LogP contribution in [0.15, 0.2) is 23.0 Å². The highest BCUT2D eigenvalue weighted by Crippen LogP contribution is 2.13. The number of amides is 1. The molecule has 0 atom stereocenters. The summed E-state index contributed by atoms with van der Waals surface area (Å²) in [4.78, 5) is 37.3. The maximum atomic E-state index is 12.0. The fourth-order valence-corrected chi connectivity index (χ4v) is 2.25. The number of hydrogen-bond acceptors (Lipinski definition) is 4. The van der Waals surface area contributed by atoms with Crippen LogP contribution in [-0.2, 0) is 11.3 Å². The number of carboxylic acids is 1. The summed E-state index contributed by atoms with van der Waals surface area (Å²) in [5.74, 6) is -1.05. The van der Waals surface area contributed by atoms with Crippen molar-refractivity contribution in [2.24, 2.45) is 0 Å². The summed E-state index contributed by atoms with van der Waals surface area (Å²) in [5.41, 5.74) is 0.333. The molecule has 130 valence electrons. The molecule has 0 fully saturated rings. The molecule has 1 aromatic carbocycles. The largest absolute Gasteiger partial charge is 0.478 e. The van der Waals surface area contributed by atoms with Crippen LogP contribution >= 0.6 is 0 Å². The number of aromatic carboxylic acids is 1. The lowest BCUT2D eigenvalue weighted by Gasteiger charge is -2.19. The van der Waals surface area contributed by atoms with E-state index in [0.717, 1.165) is 0 Å². The second-order valence-electron chi connectivity index (χ2n) is 6.40. The monoisotopic (exact) mass is 335 g/mol. The highest BCUT2D eigenvalue weighted by molar-refractivity contribution is 5.92. The first-order valence-corrected chi connectivity index (χ1v) is 7.60. The third-order valence-electron chi connectivity index (χ3n) is 3.25. The van der Waals surface area contributed by atoms with Gasteiger partial charge in [0.15, 0.2) is 0 Å². The average Bonchev–Trinajstić information content (AvgIpc) is 2.76. The summed E-state index contributed by atoms with van der Waals surface area (Å²) < 4.78 is 6.58. The number of aromatic nitrogens is 2. The fourth-order valence-electron chi connectivity index (χ4n) is 2.25. The van der Waals surface area contributed by atoms with Crippen LogP contribution in [0.1, 0.15) is 37.6 Å². The Morgan fingerprint density at radius 3 is 2.67 bits per heavy atom. The lowest BCUT2D eigenvalue weighted by Crippen LogP contribution is -2.33. The van der Waals surface area contributed by atoms with Crippen molar-refractivity contribution < 1.29 is 19.4 Å². The Labute approximate surface area is 138 Å². The summed E-state index contributed by atoms with van der Waals surface area (Å²) in [6.45, 7) is 6.01. The van der Waals surface area contributed by atoms with E-state index in [1.807, 2.05) is 0 Å². The minimum atomic E-state index is -1.05. The van der Waals surface area contributed by atoms with Crippen molar-refractivity contribution >= 4 is 23.1 Å². The smallest absolute Gasteiger partial charge is 0.407 e. The number of alkyl carbamates (subject to hydrolysis) is 1. The van der Waals surface area contributed by atoms with Crippen LogP contribution in [0, 0.1) is 0 Å². The highest BCUT2D eigenvalue weighted by atomic mass is 16.6. The first-order valence-electron chi connectivity index (χ1n) is 7.60. The molecule has 1 amide bonds. The van der Waals surface area contributed by atoms with Crippen molar-refractivity contribution in [3.05, 3.63) is 34.2 Å². The van der Waals surface area contributed by atoms with Gasteiger partial charge in [-0.2, -0.15) is 0 Å². The van der Waals surface area contributed by atoms with Crippen LogP contribution in [0.3, 0.4) is 0 Å². The van der Waals surface area contributed by atoms with Gasteiger partial charge < -0.3 is 20.1 Å². The molecule has 0 aliphatic carbocycles. The Kier molecular flexibility index (Phi) is 4.96. The third kappa shape index (κ3) is 4.37. The predicted octanol–water partition coefficient (Wildman–Crippen LogP) is 1.94. The van der Waals surface area contributed by atoms with Crippen LogP contribution in [-0.4, -0.2) is 38.9 Å². The van der Waals surface area contributed by atoms with E-state index in [9.17, 15) is 14.4 Å². The molecule has 0 aliphatic heterocycles. The van der Waals surface area contributed by atoms with Crippen LogP contribution in [0.25, 0.3) is 11.0 Å². The Hall–Kier alpha value is -2.77. The number of fused-ring (bicyclic) bond motifs is 1. The Bertz CT molecular complexity index is 813. The van der Waals surface area contributed by atoms with E-state index in [0.29, 0.717) is 30.5 Å². The molecule has 1 aromatic heterocycles. The molecule has 8 heteroatoms. The number of ether oxygens (including phenoxy) is 1. The number of aryl methyl sites for hydroxylation is 1. The number of nitrogens with one attached hydrogen (secondary N) is 2. The fraction of sp³-hybridized carbons (Fsp3) is 0.438. The molecule has 0 bridgehead atoms. The van der Waals surface area contributed by atoms with E-state index < -0.39 is 17.7 Å². The topological polar surface area (TPSA) is 113 Å². The van der Waals surface area contributed by atoms with E-state index in [1.54, 1.807) is 26.8 Å². The number of aromatic amines is 1. The Morgan fingerprint density at radius 1 is 1.33 bits per heavy atom. The lowest BCUT2D eigenvalue weighted by molar-refractivity contribution is 0.0526. The lowest BCUT2D eigenvalue weighted by atomic mass is 10.2. The van der Waals surface area contributed by atoms with Crippen LogP contribution < -0.4 is 11.0 Å². The average molecular weight is 335 g/mol. The van der Waals surface area contributed by atoms with Crippen LogP contribution in [0.4, 0.5) is 4.79 Å². The van der Waals surface area contributed by atoms with Gasteiger partial charge in [-0.15, -0.1) is 0 Å². The first-order chi connectivity index (χ1) is 11.2. The molecule has 0 aliphatic rings. The van der Waals surface area contributed by atoms with E-state index in [1.165, 1.54) is 16.7 Å². The van der Waals surface area contributed by atoms with Crippen molar-refractivity contribution in [2.75, 3.05) is 6.54 Å². The molecular formula is C16H21N3O5. The summed E-state index contributed by atoms with van der Waals surface area (Å²) in [6.07, 6.45) is -0.00872. The van der Waals surface area contributed by atoms with E-state index in [-0.39, 0.29) is 11.3 Å². The SMILES string of the molecule is CC(C)(C)OC(=O)NCCCn1c(=O)[nH]c2ccc(C(=O)O)cc21. The van der Waals surface area contributed by atoms with Gasteiger partial charge >= 0.3 is 17.8 Å². The number of imidazole rings is 1. The van der Waals surface area contributed by atoms with Gasteiger partial charge in [0.05, 0.1) is 16.6 Å². The van der Waals surface area contributed by atoms with Gasteiger partial charge in [-0.3, -0.25) is 4.57 Å². The van der Waals surface area contributed by atoms with Crippen LogP contribution in [0.5, 0.6) is 0 Å². The van der Waals surface area contributed by atoms with Crippen molar-refractivity contribution in [3.8, 4) is 0 Å². The van der Waals surface area contributed by atoms with E-state index >= 15 is 0 Å². The second-order valence-corrected chi connectivity index (χ2v) is 6.40. The number of carboxylic acid groups (broad SMARTS) is 1. The van der Waals surface area contributed by atoms with Crippen molar-refractivity contribution in [3.63, 3.8) is 0 Å². The molecule has 0 spiro atoms. The van der Waals surface area contributed by atoms with Gasteiger partial charge in [0, 0.05) is 13.1 Å². The number of hydrogen-bond donors (Lipinski definition) is 3. The van der Waals surface area contributed by atoms with Gasteiger partial charge in [0.2, 0.25) is 0 Å². The second kappa shape index (κ2) is 6.77. The summed E-state index contributed by atoms with van der Waals surface area (Å²) in [5, 5.41) is 11.7. The Balaban J connectivity index is 2.01. The molecule has 24 heavy (non-hydrogen) atoms. The maximum absolute atomic E-state index is 12.0. The summed E-state index contributed by atoms with van der Waals surface area (Å²) >= 11 is 0. The molecule has 2 rings (SSSR count). The predicted molar refractivity (Wildman–Crippen MR) is 88.4 cm³/mol. The van der Waals surface area contributed by atoms with Gasteiger partial charge in [-0.1, -0.05) is 0 Å². The number of rotatable bonds is 5. The standard InChI is InChI=1S/C16H21N3O5/c1-16(2,3)24-15(23)17-7-4-8-19-12-9-10(13(20)21)5-6-11(12)18-14(19)22/h5-6,9H,4,7-8H2,1-3H3,(H,17,23)(H,18,22)(H,20,21). The molecule has 3 N–H and O–H groups in total. The number of benzene rings is 1. The quantitative estimate of drug-likeness (QED) is 0.723. The van der Waals surface area contributed by atoms with Crippen molar-refractivity contribution in [2.45, 2.75) is 39.3 Å². The molecule has 0 saturated carbocycles. The normalized spacial score (nSPS) is 11.5. The summed E-state index contributed by atoms with van der Waals surface area (Å²) in [6, 6.07) is 4.46. The zero-order valence-corrected chi connectivity index (χ0v) is 13.9. The van der Waals surface area contributed by atoms with Crippen LogP contribution in [0.2, 0.25) is 0 Å². The molecular weight excluding hydrogens is 314 g/mol.